The first-order valence-electron chi connectivity index (χ1n) is 8.53. The zero-order valence-electron chi connectivity index (χ0n) is 15.1. The molecule has 7 heteroatoms. The average Bonchev–Trinajstić information content (AvgIpc) is 3.32. The second-order valence-electron chi connectivity index (χ2n) is 6.07. The molecule has 0 aliphatic carbocycles. The van der Waals surface area contributed by atoms with Gasteiger partial charge >= 0.3 is 0 Å². The lowest BCUT2D eigenvalue weighted by atomic mass is 10.1. The maximum Gasteiger partial charge on any atom is 0.257 e. The van der Waals surface area contributed by atoms with Crippen molar-refractivity contribution in [2.24, 2.45) is 0 Å². The number of carbonyl (C=O) groups is 1. The second-order valence-corrected chi connectivity index (χ2v) is 7.02. The molecule has 0 saturated carbocycles. The quantitative estimate of drug-likeness (QED) is 0.681. The van der Waals surface area contributed by atoms with Gasteiger partial charge in [0, 0.05) is 5.69 Å². The molecule has 136 valence electrons. The lowest BCUT2D eigenvalue weighted by Crippen LogP contribution is -2.32. The molecule has 0 aliphatic rings. The Labute approximate surface area is 156 Å². The number of aromatic nitrogens is 2. The first-order valence-corrected chi connectivity index (χ1v) is 9.41. The lowest BCUT2D eigenvalue weighted by molar-refractivity contribution is -0.117. The van der Waals surface area contributed by atoms with E-state index in [0.717, 1.165) is 22.5 Å². The summed E-state index contributed by atoms with van der Waals surface area (Å²) in [6.45, 7) is 4.24. The van der Waals surface area contributed by atoms with E-state index in [1.165, 1.54) is 0 Å². The first-order chi connectivity index (χ1) is 12.6. The van der Waals surface area contributed by atoms with E-state index in [-0.39, 0.29) is 18.5 Å². The fourth-order valence-electron chi connectivity index (χ4n) is 2.60. The molecule has 6 nitrogen and oxygen atoms in total. The van der Waals surface area contributed by atoms with E-state index in [9.17, 15) is 4.79 Å². The predicted octanol–water partition coefficient (Wildman–Crippen LogP) is 3.99. The molecule has 2 heterocycles. The summed E-state index contributed by atoms with van der Waals surface area (Å²) < 4.78 is 5.76. The molecule has 0 unspecified atom stereocenters. The maximum atomic E-state index is 12.4. The summed E-state index contributed by atoms with van der Waals surface area (Å²) >= 11 is 1.55. The lowest BCUT2D eigenvalue weighted by Gasteiger charge is -2.21. The Kier molecular flexibility index (Phi) is 5.80. The fourth-order valence-corrected chi connectivity index (χ4v) is 3.24. The van der Waals surface area contributed by atoms with Gasteiger partial charge in [-0.3, -0.25) is 9.69 Å². The van der Waals surface area contributed by atoms with Crippen molar-refractivity contribution in [3.63, 3.8) is 0 Å². The number of hydrogen-bond acceptors (Lipinski definition) is 6. The molecule has 0 spiro atoms. The molecule has 1 N–H and O–H groups in total. The van der Waals surface area contributed by atoms with Gasteiger partial charge in [-0.05, 0) is 43.5 Å². The van der Waals surface area contributed by atoms with Gasteiger partial charge in [-0.1, -0.05) is 31.2 Å². The van der Waals surface area contributed by atoms with Gasteiger partial charge in [0.2, 0.25) is 11.8 Å². The summed E-state index contributed by atoms with van der Waals surface area (Å²) in [5.74, 6) is 0.937. The van der Waals surface area contributed by atoms with Crippen LogP contribution in [0.4, 0.5) is 5.69 Å². The van der Waals surface area contributed by atoms with Crippen LogP contribution in [0, 0.1) is 0 Å². The van der Waals surface area contributed by atoms with Crippen molar-refractivity contribution < 1.29 is 9.21 Å². The normalized spacial score (nSPS) is 12.3. The minimum Gasteiger partial charge on any atom is -0.418 e. The van der Waals surface area contributed by atoms with E-state index in [2.05, 4.69) is 22.4 Å². The zero-order valence-corrected chi connectivity index (χ0v) is 15.9. The summed E-state index contributed by atoms with van der Waals surface area (Å²) in [7, 11) is 1.87. The van der Waals surface area contributed by atoms with E-state index in [4.69, 9.17) is 4.42 Å². The van der Waals surface area contributed by atoms with Crippen LogP contribution >= 0.6 is 11.3 Å². The van der Waals surface area contributed by atoms with Crippen LogP contribution in [0.5, 0.6) is 0 Å². The molecule has 3 rings (SSSR count). The molecule has 0 aliphatic heterocycles. The molecular formula is C19H22N4O2S. The molecule has 26 heavy (non-hydrogen) atoms. The Bertz CT molecular complexity index is 860. The van der Waals surface area contributed by atoms with Crippen LogP contribution in [0.1, 0.15) is 31.3 Å². The maximum absolute atomic E-state index is 12.4. The van der Waals surface area contributed by atoms with Gasteiger partial charge < -0.3 is 9.73 Å². The SMILES string of the molecule is CCc1ccccc1NC(=O)CN(C)[C@H](C)c1nnc(-c2cccs2)o1. The molecule has 3 aromatic rings. The number of nitrogens with one attached hydrogen (secondary N) is 1. The van der Waals surface area contributed by atoms with Crippen molar-refractivity contribution in [3.05, 3.63) is 53.2 Å². The number of amides is 1. The Hall–Kier alpha value is -2.51. The number of likely N-dealkylation sites (N-methyl/N-ethyl adjacent to an activating group) is 1. The Morgan fingerprint density at radius 3 is 2.81 bits per heavy atom. The third-order valence-corrected chi connectivity index (χ3v) is 5.11. The van der Waals surface area contributed by atoms with E-state index in [1.54, 1.807) is 11.3 Å². The second kappa shape index (κ2) is 8.25. The van der Waals surface area contributed by atoms with Crippen molar-refractivity contribution >= 4 is 22.9 Å². The fraction of sp³-hybridized carbons (Fsp3) is 0.316. The highest BCUT2D eigenvalue weighted by atomic mass is 32.1. The molecule has 1 aromatic carbocycles. The van der Waals surface area contributed by atoms with Crippen LogP contribution in [0.3, 0.4) is 0 Å². The summed E-state index contributed by atoms with van der Waals surface area (Å²) in [4.78, 5) is 15.2. The van der Waals surface area contributed by atoms with E-state index >= 15 is 0 Å². The van der Waals surface area contributed by atoms with Crippen molar-refractivity contribution in [3.8, 4) is 10.8 Å². The number of benzene rings is 1. The van der Waals surface area contributed by atoms with Crippen LogP contribution in [0.2, 0.25) is 0 Å². The van der Waals surface area contributed by atoms with Crippen LogP contribution in [0.15, 0.2) is 46.2 Å². The van der Waals surface area contributed by atoms with Gasteiger partial charge in [-0.25, -0.2) is 0 Å². The molecular weight excluding hydrogens is 348 g/mol. The molecule has 0 radical (unpaired) electrons. The van der Waals surface area contributed by atoms with Crippen LogP contribution in [-0.4, -0.2) is 34.6 Å². The van der Waals surface area contributed by atoms with Crippen molar-refractivity contribution in [2.45, 2.75) is 26.3 Å². The average molecular weight is 370 g/mol. The minimum absolute atomic E-state index is 0.0711. The van der Waals surface area contributed by atoms with Crippen LogP contribution < -0.4 is 5.32 Å². The zero-order chi connectivity index (χ0) is 18.5. The number of nitrogens with zero attached hydrogens (tertiary/aromatic N) is 3. The van der Waals surface area contributed by atoms with Crippen LogP contribution in [-0.2, 0) is 11.2 Å². The third-order valence-electron chi connectivity index (χ3n) is 4.26. The van der Waals surface area contributed by atoms with E-state index in [1.807, 2.05) is 60.6 Å². The number of aryl methyl sites for hydroxylation is 1. The summed E-state index contributed by atoms with van der Waals surface area (Å²) in [6.07, 6.45) is 0.871. The minimum atomic E-state index is -0.164. The largest absolute Gasteiger partial charge is 0.418 e. The van der Waals surface area contributed by atoms with E-state index < -0.39 is 0 Å². The number of hydrogen-bond donors (Lipinski definition) is 1. The van der Waals surface area contributed by atoms with Gasteiger partial charge in [-0.2, -0.15) is 0 Å². The molecule has 0 saturated heterocycles. The Morgan fingerprint density at radius 2 is 2.08 bits per heavy atom. The van der Waals surface area contributed by atoms with Crippen molar-refractivity contribution in [2.75, 3.05) is 18.9 Å². The number of thiophene rings is 1. The molecule has 0 fully saturated rings. The van der Waals surface area contributed by atoms with Crippen molar-refractivity contribution in [1.82, 2.24) is 15.1 Å². The monoisotopic (exact) mass is 370 g/mol. The van der Waals surface area contributed by atoms with Gasteiger partial charge in [0.05, 0.1) is 17.5 Å². The number of rotatable bonds is 7. The Balaban J connectivity index is 1.62. The topological polar surface area (TPSA) is 71.3 Å². The van der Waals surface area contributed by atoms with Gasteiger partial charge in [0.25, 0.3) is 5.89 Å². The molecule has 1 atom stereocenters. The highest BCUT2D eigenvalue weighted by Gasteiger charge is 2.21. The van der Waals surface area contributed by atoms with Gasteiger partial charge in [-0.15, -0.1) is 21.5 Å². The number of para-hydroxylation sites is 1. The molecule has 1 amide bonds. The van der Waals surface area contributed by atoms with Crippen molar-refractivity contribution in [1.29, 1.82) is 0 Å². The number of anilines is 1. The molecule has 2 aromatic heterocycles. The Morgan fingerprint density at radius 1 is 1.27 bits per heavy atom. The number of carbonyl (C=O) groups excluding carboxylic acids is 1. The highest BCUT2D eigenvalue weighted by Crippen LogP contribution is 2.26. The first kappa shape index (κ1) is 18.3. The predicted molar refractivity (Wildman–Crippen MR) is 103 cm³/mol. The third kappa shape index (κ3) is 4.17. The summed E-state index contributed by atoms with van der Waals surface area (Å²) in [5, 5.41) is 13.2. The highest BCUT2D eigenvalue weighted by molar-refractivity contribution is 7.13. The summed E-state index contributed by atoms with van der Waals surface area (Å²) in [5.41, 5.74) is 1.98. The summed E-state index contributed by atoms with van der Waals surface area (Å²) in [6, 6.07) is 11.6. The van der Waals surface area contributed by atoms with E-state index in [0.29, 0.717) is 11.8 Å². The smallest absolute Gasteiger partial charge is 0.257 e. The molecule has 0 bridgehead atoms. The van der Waals surface area contributed by atoms with Crippen LogP contribution in [0.25, 0.3) is 10.8 Å². The standard InChI is InChI=1S/C19H22N4O2S/c1-4-14-8-5-6-9-15(14)20-17(24)12-23(3)13(2)18-21-22-19(25-18)16-10-7-11-26-16/h5-11,13H,4,12H2,1-3H3,(H,20,24)/t13-/m1/s1. The van der Waals surface area contributed by atoms with Gasteiger partial charge in [0.1, 0.15) is 0 Å². The van der Waals surface area contributed by atoms with Gasteiger partial charge in [0.15, 0.2) is 0 Å².